The van der Waals surface area contributed by atoms with Crippen molar-refractivity contribution in [3.05, 3.63) is 17.8 Å². The molecule has 1 aromatic rings. The number of nitrogens with zero attached hydrogens (tertiary/aromatic N) is 1. The standard InChI is InChI=1S/C11H16N4O3/c1-2-5-13-9(16)6-14-10-7(12)3-4-8(15-10)11(17)18/h3-4H,2,5-6,12H2,1H3,(H,13,16)(H,14,15)(H,17,18). The number of carbonyl (C=O) groups excluding carboxylic acids is 1. The summed E-state index contributed by atoms with van der Waals surface area (Å²) in [5.41, 5.74) is 5.80. The molecule has 0 unspecified atom stereocenters. The third-order valence-electron chi connectivity index (χ3n) is 2.13. The Labute approximate surface area is 104 Å². The summed E-state index contributed by atoms with van der Waals surface area (Å²) in [6, 6.07) is 2.74. The van der Waals surface area contributed by atoms with Crippen molar-refractivity contribution in [2.45, 2.75) is 13.3 Å². The molecule has 0 saturated heterocycles. The van der Waals surface area contributed by atoms with Gasteiger partial charge in [-0.1, -0.05) is 6.92 Å². The van der Waals surface area contributed by atoms with Gasteiger partial charge in [0.15, 0.2) is 11.5 Å². The van der Waals surface area contributed by atoms with Crippen LogP contribution in [0.5, 0.6) is 0 Å². The monoisotopic (exact) mass is 252 g/mol. The highest BCUT2D eigenvalue weighted by Crippen LogP contribution is 2.15. The van der Waals surface area contributed by atoms with Gasteiger partial charge in [-0.25, -0.2) is 9.78 Å². The molecule has 5 N–H and O–H groups in total. The molecule has 0 radical (unpaired) electrons. The van der Waals surface area contributed by atoms with E-state index in [0.717, 1.165) is 6.42 Å². The predicted octanol–water partition coefficient (Wildman–Crippen LogP) is 0.300. The number of nitrogens with one attached hydrogen (secondary N) is 2. The summed E-state index contributed by atoms with van der Waals surface area (Å²) in [6.45, 7) is 2.54. The van der Waals surface area contributed by atoms with E-state index in [1.54, 1.807) is 0 Å². The van der Waals surface area contributed by atoms with Gasteiger partial charge in [-0.05, 0) is 18.6 Å². The lowest BCUT2D eigenvalue weighted by Crippen LogP contribution is -2.30. The first-order valence-corrected chi connectivity index (χ1v) is 5.55. The van der Waals surface area contributed by atoms with Gasteiger partial charge >= 0.3 is 5.97 Å². The molecule has 0 spiro atoms. The zero-order valence-corrected chi connectivity index (χ0v) is 10.1. The van der Waals surface area contributed by atoms with Gasteiger partial charge in [-0.2, -0.15) is 0 Å². The van der Waals surface area contributed by atoms with E-state index >= 15 is 0 Å². The number of hydrogen-bond donors (Lipinski definition) is 4. The number of amides is 1. The molecule has 7 heteroatoms. The van der Waals surface area contributed by atoms with Crippen molar-refractivity contribution in [2.24, 2.45) is 0 Å². The van der Waals surface area contributed by atoms with E-state index in [4.69, 9.17) is 10.8 Å². The van der Waals surface area contributed by atoms with Crippen LogP contribution in [0.1, 0.15) is 23.8 Å². The number of carboxylic acid groups (broad SMARTS) is 1. The van der Waals surface area contributed by atoms with Crippen LogP contribution in [0, 0.1) is 0 Å². The van der Waals surface area contributed by atoms with Gasteiger partial charge < -0.3 is 21.5 Å². The average Bonchev–Trinajstić information content (AvgIpc) is 2.35. The van der Waals surface area contributed by atoms with Gasteiger partial charge in [0.1, 0.15) is 0 Å². The maximum absolute atomic E-state index is 11.3. The third kappa shape index (κ3) is 3.93. The molecule has 0 aliphatic heterocycles. The fourth-order valence-corrected chi connectivity index (χ4v) is 1.22. The van der Waals surface area contributed by atoms with Gasteiger partial charge in [0.25, 0.3) is 0 Å². The van der Waals surface area contributed by atoms with Crippen molar-refractivity contribution in [3.8, 4) is 0 Å². The Morgan fingerprint density at radius 2 is 2.17 bits per heavy atom. The largest absolute Gasteiger partial charge is 0.477 e. The lowest BCUT2D eigenvalue weighted by Gasteiger charge is -2.09. The van der Waals surface area contributed by atoms with Crippen molar-refractivity contribution < 1.29 is 14.7 Å². The number of carbonyl (C=O) groups is 2. The molecule has 1 amide bonds. The summed E-state index contributed by atoms with van der Waals surface area (Å²) in [6.07, 6.45) is 0.848. The van der Waals surface area contributed by atoms with Crippen molar-refractivity contribution in [1.82, 2.24) is 10.3 Å². The number of nitrogen functional groups attached to an aromatic ring is 1. The van der Waals surface area contributed by atoms with E-state index in [0.29, 0.717) is 12.2 Å². The van der Waals surface area contributed by atoms with Gasteiger partial charge in [0.05, 0.1) is 12.2 Å². The van der Waals surface area contributed by atoms with Crippen LogP contribution in [0.25, 0.3) is 0 Å². The van der Waals surface area contributed by atoms with E-state index < -0.39 is 5.97 Å². The van der Waals surface area contributed by atoms with Crippen molar-refractivity contribution in [3.63, 3.8) is 0 Å². The van der Waals surface area contributed by atoms with Gasteiger partial charge in [-0.3, -0.25) is 4.79 Å². The summed E-state index contributed by atoms with van der Waals surface area (Å²) in [4.78, 5) is 25.9. The smallest absolute Gasteiger partial charge is 0.354 e. The lowest BCUT2D eigenvalue weighted by molar-refractivity contribution is -0.119. The molecule has 0 aromatic carbocycles. The zero-order chi connectivity index (χ0) is 13.5. The Morgan fingerprint density at radius 3 is 2.78 bits per heavy atom. The minimum absolute atomic E-state index is 0.000270. The first-order chi connectivity index (χ1) is 8.54. The number of carboxylic acids is 1. The summed E-state index contributed by atoms with van der Waals surface area (Å²) < 4.78 is 0. The summed E-state index contributed by atoms with van der Waals surface area (Å²) in [7, 11) is 0. The van der Waals surface area contributed by atoms with Crippen LogP contribution in [-0.2, 0) is 4.79 Å². The first-order valence-electron chi connectivity index (χ1n) is 5.55. The molecular formula is C11H16N4O3. The van der Waals surface area contributed by atoms with Gasteiger partial charge in [0, 0.05) is 6.54 Å². The SMILES string of the molecule is CCCNC(=O)CNc1nc(C(=O)O)ccc1N. The maximum Gasteiger partial charge on any atom is 0.354 e. The van der Waals surface area contributed by atoms with E-state index in [-0.39, 0.29) is 24.0 Å². The Balaban J connectivity index is 2.63. The van der Waals surface area contributed by atoms with Gasteiger partial charge in [-0.15, -0.1) is 0 Å². The quantitative estimate of drug-likeness (QED) is 0.578. The van der Waals surface area contributed by atoms with Crippen molar-refractivity contribution in [2.75, 3.05) is 24.1 Å². The van der Waals surface area contributed by atoms with E-state index in [1.807, 2.05) is 6.92 Å². The predicted molar refractivity (Wildman–Crippen MR) is 67.4 cm³/mol. The van der Waals surface area contributed by atoms with E-state index in [9.17, 15) is 9.59 Å². The number of anilines is 2. The number of rotatable bonds is 6. The molecule has 0 fully saturated rings. The molecular weight excluding hydrogens is 236 g/mol. The van der Waals surface area contributed by atoms with Crippen LogP contribution < -0.4 is 16.4 Å². The molecule has 0 aliphatic rings. The van der Waals surface area contributed by atoms with Gasteiger partial charge in [0.2, 0.25) is 5.91 Å². The van der Waals surface area contributed by atoms with Crippen LogP contribution in [0.3, 0.4) is 0 Å². The normalized spacial score (nSPS) is 9.83. The second-order valence-electron chi connectivity index (χ2n) is 3.64. The molecule has 18 heavy (non-hydrogen) atoms. The van der Waals surface area contributed by atoms with E-state index in [1.165, 1.54) is 12.1 Å². The van der Waals surface area contributed by atoms with Crippen molar-refractivity contribution >= 4 is 23.4 Å². The Kier molecular flexibility index (Phi) is 4.91. The topological polar surface area (TPSA) is 117 Å². The second-order valence-corrected chi connectivity index (χ2v) is 3.64. The van der Waals surface area contributed by atoms with Crippen LogP contribution in [-0.4, -0.2) is 35.1 Å². The molecule has 7 nitrogen and oxygen atoms in total. The highest BCUT2D eigenvalue weighted by atomic mass is 16.4. The lowest BCUT2D eigenvalue weighted by atomic mass is 10.3. The summed E-state index contributed by atoms with van der Waals surface area (Å²) >= 11 is 0. The first kappa shape index (κ1) is 13.8. The summed E-state index contributed by atoms with van der Waals surface area (Å²) in [5, 5.41) is 14.2. The van der Waals surface area contributed by atoms with Crippen LogP contribution >= 0.6 is 0 Å². The molecule has 1 heterocycles. The fourth-order valence-electron chi connectivity index (χ4n) is 1.22. The number of pyridine rings is 1. The van der Waals surface area contributed by atoms with Crippen LogP contribution in [0.2, 0.25) is 0 Å². The molecule has 0 atom stereocenters. The molecule has 0 saturated carbocycles. The molecule has 0 aliphatic carbocycles. The zero-order valence-electron chi connectivity index (χ0n) is 10.1. The maximum atomic E-state index is 11.3. The molecule has 98 valence electrons. The highest BCUT2D eigenvalue weighted by Gasteiger charge is 2.09. The molecule has 1 aromatic heterocycles. The van der Waals surface area contributed by atoms with Crippen LogP contribution in [0.4, 0.5) is 11.5 Å². The average molecular weight is 252 g/mol. The fraction of sp³-hybridized carbons (Fsp3) is 0.364. The highest BCUT2D eigenvalue weighted by molar-refractivity contribution is 5.87. The third-order valence-corrected chi connectivity index (χ3v) is 2.13. The minimum Gasteiger partial charge on any atom is -0.477 e. The Bertz CT molecular complexity index is 448. The number of aromatic carboxylic acids is 1. The van der Waals surface area contributed by atoms with Crippen molar-refractivity contribution in [1.29, 1.82) is 0 Å². The Hall–Kier alpha value is -2.31. The number of aromatic nitrogens is 1. The van der Waals surface area contributed by atoms with E-state index in [2.05, 4.69) is 15.6 Å². The van der Waals surface area contributed by atoms with Crippen LogP contribution in [0.15, 0.2) is 12.1 Å². The number of hydrogen-bond acceptors (Lipinski definition) is 5. The Morgan fingerprint density at radius 1 is 1.44 bits per heavy atom. The summed E-state index contributed by atoms with van der Waals surface area (Å²) in [5.74, 6) is -1.14. The second kappa shape index (κ2) is 6.43. The molecule has 0 bridgehead atoms. The minimum atomic E-state index is -1.14. The molecule has 1 rings (SSSR count). The number of nitrogens with two attached hydrogens (primary N) is 1.